The van der Waals surface area contributed by atoms with Gasteiger partial charge in [-0.15, -0.1) is 0 Å². The van der Waals surface area contributed by atoms with Gasteiger partial charge >= 0.3 is 5.97 Å². The number of carbonyl (C=O) groups is 2. The van der Waals surface area contributed by atoms with Crippen LogP contribution in [0.15, 0.2) is 66.7 Å². The monoisotopic (exact) mass is 436 g/mol. The molecule has 0 atom stereocenters. The van der Waals surface area contributed by atoms with Crippen molar-refractivity contribution in [3.05, 3.63) is 94.4 Å². The average Bonchev–Trinajstić information content (AvgIpc) is 3.17. The number of halogens is 2. The van der Waals surface area contributed by atoms with E-state index in [0.717, 1.165) is 16.5 Å². The van der Waals surface area contributed by atoms with Crippen LogP contribution in [0.2, 0.25) is 5.02 Å². The van der Waals surface area contributed by atoms with E-state index >= 15 is 0 Å². The van der Waals surface area contributed by atoms with Gasteiger partial charge in [0.05, 0.1) is 5.56 Å². The van der Waals surface area contributed by atoms with Crippen molar-refractivity contribution in [3.8, 4) is 11.1 Å². The number of nitrogens with zero attached hydrogens (tertiary/aromatic N) is 1. The number of aromatic carboxylic acids is 1. The number of fused-ring (bicyclic) bond motifs is 1. The Morgan fingerprint density at radius 1 is 1.03 bits per heavy atom. The Kier molecular flexibility index (Phi) is 5.48. The number of aromatic amines is 1. The molecular formula is C24H18ClFN2O3. The normalized spacial score (nSPS) is 10.9. The molecule has 7 heteroatoms. The van der Waals surface area contributed by atoms with E-state index in [1.165, 1.54) is 29.2 Å². The van der Waals surface area contributed by atoms with Crippen molar-refractivity contribution >= 4 is 34.4 Å². The average molecular weight is 437 g/mol. The molecule has 0 saturated heterocycles. The molecule has 31 heavy (non-hydrogen) atoms. The summed E-state index contributed by atoms with van der Waals surface area (Å²) in [7, 11) is 1.67. The Labute approximate surface area is 182 Å². The number of amides is 1. The minimum absolute atomic E-state index is 0.146. The molecule has 0 bridgehead atoms. The van der Waals surface area contributed by atoms with Gasteiger partial charge in [-0.05, 0) is 59.2 Å². The summed E-state index contributed by atoms with van der Waals surface area (Å²) >= 11 is 6.01. The highest BCUT2D eigenvalue weighted by atomic mass is 35.5. The number of hydrogen-bond acceptors (Lipinski definition) is 2. The van der Waals surface area contributed by atoms with Crippen molar-refractivity contribution < 1.29 is 19.1 Å². The third-order valence-corrected chi connectivity index (χ3v) is 5.32. The van der Waals surface area contributed by atoms with Gasteiger partial charge in [-0.3, -0.25) is 4.79 Å². The molecule has 156 valence electrons. The summed E-state index contributed by atoms with van der Waals surface area (Å²) in [6.07, 6.45) is 0. The van der Waals surface area contributed by atoms with Crippen molar-refractivity contribution in [1.82, 2.24) is 9.88 Å². The van der Waals surface area contributed by atoms with Gasteiger partial charge < -0.3 is 15.0 Å². The first-order valence-electron chi connectivity index (χ1n) is 9.48. The van der Waals surface area contributed by atoms with Gasteiger partial charge in [0.2, 0.25) is 0 Å². The molecule has 0 aliphatic carbocycles. The fourth-order valence-corrected chi connectivity index (χ4v) is 3.67. The molecule has 4 aromatic rings. The van der Waals surface area contributed by atoms with Crippen LogP contribution in [-0.4, -0.2) is 33.9 Å². The van der Waals surface area contributed by atoms with Crippen LogP contribution in [0.3, 0.4) is 0 Å². The molecule has 0 unspecified atom stereocenters. The van der Waals surface area contributed by atoms with Gasteiger partial charge in [0.25, 0.3) is 5.91 Å². The summed E-state index contributed by atoms with van der Waals surface area (Å²) in [4.78, 5) is 28.7. The summed E-state index contributed by atoms with van der Waals surface area (Å²) in [6.45, 7) is 0.241. The van der Waals surface area contributed by atoms with E-state index in [9.17, 15) is 14.0 Å². The topological polar surface area (TPSA) is 73.4 Å². The van der Waals surface area contributed by atoms with Gasteiger partial charge in [-0.25, -0.2) is 9.18 Å². The Morgan fingerprint density at radius 2 is 1.77 bits per heavy atom. The van der Waals surface area contributed by atoms with Crippen molar-refractivity contribution in [3.63, 3.8) is 0 Å². The minimum Gasteiger partial charge on any atom is -0.478 e. The standard InChI is InChI=1S/C24H18ClFN2O3/c1-28(23(29)22-10-16-6-8-18(25)11-21(16)27-22)13-17-7-9-19(26)12-20(17)14-2-4-15(5-3-14)24(30)31/h2-12,27H,13H2,1H3,(H,30,31). The lowest BCUT2D eigenvalue weighted by atomic mass is 9.98. The molecule has 0 radical (unpaired) electrons. The number of rotatable bonds is 5. The van der Waals surface area contributed by atoms with Crippen LogP contribution in [0.5, 0.6) is 0 Å². The maximum atomic E-state index is 14.0. The predicted molar refractivity (Wildman–Crippen MR) is 118 cm³/mol. The van der Waals surface area contributed by atoms with Gasteiger partial charge in [0.15, 0.2) is 0 Å². The van der Waals surface area contributed by atoms with Gasteiger partial charge in [-0.1, -0.05) is 35.9 Å². The van der Waals surface area contributed by atoms with E-state index in [-0.39, 0.29) is 18.0 Å². The predicted octanol–water partition coefficient (Wildman–Crippen LogP) is 5.60. The number of carboxylic acid groups (broad SMARTS) is 1. The van der Waals surface area contributed by atoms with Gasteiger partial charge in [-0.2, -0.15) is 0 Å². The van der Waals surface area contributed by atoms with Crippen molar-refractivity contribution in [1.29, 1.82) is 0 Å². The number of carbonyl (C=O) groups excluding carboxylic acids is 1. The summed E-state index contributed by atoms with van der Waals surface area (Å²) in [5, 5.41) is 10.5. The van der Waals surface area contributed by atoms with Crippen molar-refractivity contribution in [2.24, 2.45) is 0 Å². The maximum Gasteiger partial charge on any atom is 0.335 e. The molecule has 4 rings (SSSR count). The third kappa shape index (κ3) is 4.29. The summed E-state index contributed by atoms with van der Waals surface area (Å²) in [5.74, 6) is -1.66. The summed E-state index contributed by atoms with van der Waals surface area (Å²) < 4.78 is 14.0. The molecule has 1 amide bonds. The largest absolute Gasteiger partial charge is 0.478 e. The summed E-state index contributed by atoms with van der Waals surface area (Å²) in [5.41, 5.74) is 3.34. The number of hydrogen-bond donors (Lipinski definition) is 2. The van der Waals surface area contributed by atoms with E-state index < -0.39 is 11.8 Å². The number of aromatic nitrogens is 1. The van der Waals surface area contributed by atoms with Crippen LogP contribution < -0.4 is 0 Å². The van der Waals surface area contributed by atoms with E-state index in [1.54, 1.807) is 43.4 Å². The van der Waals surface area contributed by atoms with Crippen LogP contribution >= 0.6 is 11.6 Å². The molecule has 2 N–H and O–H groups in total. The highest BCUT2D eigenvalue weighted by Gasteiger charge is 2.17. The third-order valence-electron chi connectivity index (χ3n) is 5.08. The van der Waals surface area contributed by atoms with Crippen LogP contribution in [0.25, 0.3) is 22.0 Å². The molecule has 0 saturated carbocycles. The van der Waals surface area contributed by atoms with Crippen LogP contribution in [0.4, 0.5) is 4.39 Å². The minimum atomic E-state index is -1.03. The summed E-state index contributed by atoms with van der Waals surface area (Å²) in [6, 6.07) is 17.7. The lowest BCUT2D eigenvalue weighted by Gasteiger charge is -2.19. The Bertz CT molecular complexity index is 1300. The van der Waals surface area contributed by atoms with Gasteiger partial charge in [0.1, 0.15) is 11.5 Å². The molecule has 1 heterocycles. The van der Waals surface area contributed by atoms with Crippen molar-refractivity contribution in [2.45, 2.75) is 6.54 Å². The van der Waals surface area contributed by atoms with Crippen LogP contribution in [-0.2, 0) is 6.54 Å². The molecule has 0 aliphatic heterocycles. The smallest absolute Gasteiger partial charge is 0.335 e. The fourth-order valence-electron chi connectivity index (χ4n) is 3.50. The highest BCUT2D eigenvalue weighted by Crippen LogP contribution is 2.27. The zero-order valence-electron chi connectivity index (χ0n) is 16.5. The Hall–Kier alpha value is -3.64. The molecular weight excluding hydrogens is 419 g/mol. The molecule has 0 spiro atoms. The zero-order chi connectivity index (χ0) is 22.1. The molecule has 5 nitrogen and oxygen atoms in total. The Morgan fingerprint density at radius 3 is 2.48 bits per heavy atom. The number of benzene rings is 3. The molecule has 0 fully saturated rings. The number of H-pyrrole nitrogens is 1. The number of carboxylic acids is 1. The van der Waals surface area contributed by atoms with Gasteiger partial charge in [0, 0.05) is 29.5 Å². The van der Waals surface area contributed by atoms with E-state index in [2.05, 4.69) is 4.98 Å². The zero-order valence-corrected chi connectivity index (χ0v) is 17.3. The highest BCUT2D eigenvalue weighted by molar-refractivity contribution is 6.31. The molecule has 3 aromatic carbocycles. The number of nitrogens with one attached hydrogen (secondary N) is 1. The lowest BCUT2D eigenvalue weighted by Crippen LogP contribution is -2.26. The van der Waals surface area contributed by atoms with E-state index in [4.69, 9.17) is 16.7 Å². The first kappa shape index (κ1) is 20.6. The second-order valence-electron chi connectivity index (χ2n) is 7.26. The van der Waals surface area contributed by atoms with E-state index in [0.29, 0.717) is 21.8 Å². The lowest BCUT2D eigenvalue weighted by molar-refractivity contribution is 0.0696. The van der Waals surface area contributed by atoms with Crippen LogP contribution in [0.1, 0.15) is 26.4 Å². The van der Waals surface area contributed by atoms with Crippen LogP contribution in [0, 0.1) is 5.82 Å². The second kappa shape index (κ2) is 8.24. The van der Waals surface area contributed by atoms with E-state index in [1.807, 2.05) is 6.07 Å². The molecule has 1 aromatic heterocycles. The Balaban J connectivity index is 1.62. The SMILES string of the molecule is CN(Cc1ccc(F)cc1-c1ccc(C(=O)O)cc1)C(=O)c1cc2ccc(Cl)cc2[nH]1. The van der Waals surface area contributed by atoms with Crippen molar-refractivity contribution in [2.75, 3.05) is 7.05 Å². The fraction of sp³-hybridized carbons (Fsp3) is 0.0833. The molecule has 0 aliphatic rings. The first-order chi connectivity index (χ1) is 14.8. The first-order valence-corrected chi connectivity index (χ1v) is 9.85. The maximum absolute atomic E-state index is 14.0. The quantitative estimate of drug-likeness (QED) is 0.428. The second-order valence-corrected chi connectivity index (χ2v) is 7.70.